The third kappa shape index (κ3) is 3.50. The standard InChI is InChI=1S/C14H15N5/c15-6-5-11-1-3-12(4-2-11)10-19-14-13(9-16)17-7-8-18-14/h1-4,7-8H,5-6,10,15H2,(H,18,19). The fourth-order valence-electron chi connectivity index (χ4n) is 1.73. The molecule has 5 heteroatoms. The minimum absolute atomic E-state index is 0.308. The lowest BCUT2D eigenvalue weighted by Gasteiger charge is -2.07. The van der Waals surface area contributed by atoms with E-state index >= 15 is 0 Å². The predicted octanol–water partition coefficient (Wildman–Crippen LogP) is 1.46. The lowest BCUT2D eigenvalue weighted by atomic mass is 10.1. The predicted molar refractivity (Wildman–Crippen MR) is 73.3 cm³/mol. The summed E-state index contributed by atoms with van der Waals surface area (Å²) in [5.74, 6) is 0.510. The first-order valence-corrected chi connectivity index (χ1v) is 6.06. The highest BCUT2D eigenvalue weighted by atomic mass is 15.0. The van der Waals surface area contributed by atoms with Crippen LogP contribution in [0.15, 0.2) is 36.7 Å². The van der Waals surface area contributed by atoms with E-state index in [2.05, 4.69) is 27.4 Å². The SMILES string of the molecule is N#Cc1nccnc1NCc1ccc(CCN)cc1. The van der Waals surface area contributed by atoms with Gasteiger partial charge in [0.1, 0.15) is 6.07 Å². The second-order valence-electron chi connectivity index (χ2n) is 4.07. The van der Waals surface area contributed by atoms with Gasteiger partial charge in [-0.3, -0.25) is 0 Å². The molecule has 3 N–H and O–H groups in total. The van der Waals surface area contributed by atoms with E-state index in [4.69, 9.17) is 11.0 Å². The molecule has 96 valence electrons. The second-order valence-corrected chi connectivity index (χ2v) is 4.07. The molecule has 0 fully saturated rings. The minimum Gasteiger partial charge on any atom is -0.364 e. The molecule has 0 unspecified atom stereocenters. The first-order chi connectivity index (χ1) is 9.33. The zero-order valence-corrected chi connectivity index (χ0v) is 10.5. The Labute approximate surface area is 112 Å². The van der Waals surface area contributed by atoms with E-state index in [9.17, 15) is 0 Å². The van der Waals surface area contributed by atoms with Crippen LogP contribution in [0.2, 0.25) is 0 Å². The molecule has 0 saturated carbocycles. The Bertz CT molecular complexity index is 571. The van der Waals surface area contributed by atoms with Gasteiger partial charge in [0.15, 0.2) is 11.5 Å². The molecule has 0 spiro atoms. The molecule has 5 nitrogen and oxygen atoms in total. The van der Waals surface area contributed by atoms with Crippen molar-refractivity contribution in [2.24, 2.45) is 5.73 Å². The lowest BCUT2D eigenvalue weighted by Crippen LogP contribution is -2.05. The molecule has 0 aliphatic rings. The maximum absolute atomic E-state index is 8.91. The molecule has 0 aliphatic heterocycles. The average Bonchev–Trinajstić information content (AvgIpc) is 2.47. The third-order valence-corrected chi connectivity index (χ3v) is 2.72. The van der Waals surface area contributed by atoms with Crippen LogP contribution < -0.4 is 11.1 Å². The number of hydrogen-bond donors (Lipinski definition) is 2. The highest BCUT2D eigenvalue weighted by molar-refractivity contribution is 5.47. The molecule has 19 heavy (non-hydrogen) atoms. The van der Waals surface area contributed by atoms with Crippen LogP contribution in [0.5, 0.6) is 0 Å². The van der Waals surface area contributed by atoms with Gasteiger partial charge in [0, 0.05) is 18.9 Å². The molecule has 1 aromatic carbocycles. The lowest BCUT2D eigenvalue weighted by molar-refractivity contribution is 0.965. The molecule has 0 saturated heterocycles. The third-order valence-electron chi connectivity index (χ3n) is 2.72. The Hall–Kier alpha value is -2.45. The van der Waals surface area contributed by atoms with Crippen molar-refractivity contribution >= 4 is 5.82 Å². The molecular weight excluding hydrogens is 238 g/mol. The Balaban J connectivity index is 2.00. The Kier molecular flexibility index (Phi) is 4.43. The summed E-state index contributed by atoms with van der Waals surface area (Å²) in [6.45, 7) is 1.26. The fourth-order valence-corrected chi connectivity index (χ4v) is 1.73. The number of hydrogen-bond acceptors (Lipinski definition) is 5. The first-order valence-electron chi connectivity index (χ1n) is 6.06. The molecule has 1 aromatic heterocycles. The van der Waals surface area contributed by atoms with Gasteiger partial charge in [0.25, 0.3) is 0 Å². The molecule has 0 aliphatic carbocycles. The summed E-state index contributed by atoms with van der Waals surface area (Å²) in [6.07, 6.45) is 3.95. The van der Waals surface area contributed by atoms with Gasteiger partial charge >= 0.3 is 0 Å². The van der Waals surface area contributed by atoms with Gasteiger partial charge in [0.2, 0.25) is 0 Å². The van der Waals surface area contributed by atoms with Crippen LogP contribution in [-0.4, -0.2) is 16.5 Å². The van der Waals surface area contributed by atoms with E-state index in [0.29, 0.717) is 24.6 Å². The molecule has 0 atom stereocenters. The van der Waals surface area contributed by atoms with Crippen LogP contribution in [0.25, 0.3) is 0 Å². The number of nitrogens with one attached hydrogen (secondary N) is 1. The normalized spacial score (nSPS) is 9.89. The van der Waals surface area contributed by atoms with E-state index in [-0.39, 0.29) is 0 Å². The van der Waals surface area contributed by atoms with Gasteiger partial charge in [-0.1, -0.05) is 24.3 Å². The van der Waals surface area contributed by atoms with E-state index in [0.717, 1.165) is 12.0 Å². The number of benzene rings is 1. The van der Waals surface area contributed by atoms with Crippen LogP contribution in [0.4, 0.5) is 5.82 Å². The van der Waals surface area contributed by atoms with Crippen molar-refractivity contribution in [1.82, 2.24) is 9.97 Å². The average molecular weight is 253 g/mol. The summed E-state index contributed by atoms with van der Waals surface area (Å²) >= 11 is 0. The number of anilines is 1. The molecular formula is C14H15N5. The van der Waals surface area contributed by atoms with Crippen molar-refractivity contribution in [1.29, 1.82) is 5.26 Å². The number of rotatable bonds is 5. The van der Waals surface area contributed by atoms with Crippen LogP contribution in [-0.2, 0) is 13.0 Å². The Morgan fingerprint density at radius 3 is 2.47 bits per heavy atom. The smallest absolute Gasteiger partial charge is 0.182 e. The number of nitrogens with two attached hydrogens (primary N) is 1. The number of aromatic nitrogens is 2. The van der Waals surface area contributed by atoms with Crippen molar-refractivity contribution in [2.75, 3.05) is 11.9 Å². The van der Waals surface area contributed by atoms with Crippen molar-refractivity contribution < 1.29 is 0 Å². The van der Waals surface area contributed by atoms with Crippen molar-refractivity contribution in [3.05, 3.63) is 53.5 Å². The molecule has 0 bridgehead atoms. The quantitative estimate of drug-likeness (QED) is 0.842. The maximum Gasteiger partial charge on any atom is 0.182 e. The van der Waals surface area contributed by atoms with Gasteiger partial charge in [-0.05, 0) is 24.1 Å². The Morgan fingerprint density at radius 1 is 1.11 bits per heavy atom. The molecule has 0 radical (unpaired) electrons. The number of nitriles is 1. The first kappa shape index (κ1) is 13.0. The van der Waals surface area contributed by atoms with Crippen molar-refractivity contribution in [3.8, 4) is 6.07 Å². The second kappa shape index (κ2) is 6.47. The summed E-state index contributed by atoms with van der Waals surface area (Å²) < 4.78 is 0. The molecule has 0 amide bonds. The summed E-state index contributed by atoms with van der Waals surface area (Å²) in [7, 11) is 0. The van der Waals surface area contributed by atoms with Crippen LogP contribution >= 0.6 is 0 Å². The van der Waals surface area contributed by atoms with E-state index in [1.165, 1.54) is 11.8 Å². The maximum atomic E-state index is 8.91. The summed E-state index contributed by atoms with van der Waals surface area (Å²) in [4.78, 5) is 8.05. The van der Waals surface area contributed by atoms with E-state index in [1.807, 2.05) is 18.2 Å². The minimum atomic E-state index is 0.308. The van der Waals surface area contributed by atoms with Gasteiger partial charge < -0.3 is 11.1 Å². The van der Waals surface area contributed by atoms with Crippen LogP contribution in [0.1, 0.15) is 16.8 Å². The van der Waals surface area contributed by atoms with E-state index < -0.39 is 0 Å². The zero-order valence-electron chi connectivity index (χ0n) is 10.5. The van der Waals surface area contributed by atoms with Crippen LogP contribution in [0, 0.1) is 11.3 Å². The van der Waals surface area contributed by atoms with Crippen LogP contribution in [0.3, 0.4) is 0 Å². The van der Waals surface area contributed by atoms with E-state index in [1.54, 1.807) is 6.20 Å². The van der Waals surface area contributed by atoms with Crippen molar-refractivity contribution in [2.45, 2.75) is 13.0 Å². The highest BCUT2D eigenvalue weighted by Crippen LogP contribution is 2.10. The molecule has 2 aromatic rings. The molecule has 1 heterocycles. The van der Waals surface area contributed by atoms with Gasteiger partial charge in [-0.2, -0.15) is 5.26 Å². The monoisotopic (exact) mass is 253 g/mol. The van der Waals surface area contributed by atoms with Crippen molar-refractivity contribution in [3.63, 3.8) is 0 Å². The largest absolute Gasteiger partial charge is 0.364 e. The van der Waals surface area contributed by atoms with Gasteiger partial charge in [-0.15, -0.1) is 0 Å². The number of nitrogens with zero attached hydrogens (tertiary/aromatic N) is 3. The fraction of sp³-hybridized carbons (Fsp3) is 0.214. The van der Waals surface area contributed by atoms with Gasteiger partial charge in [-0.25, -0.2) is 9.97 Å². The summed E-state index contributed by atoms with van der Waals surface area (Å²) in [6, 6.07) is 10.2. The molecule has 2 rings (SSSR count). The topological polar surface area (TPSA) is 87.6 Å². The Morgan fingerprint density at radius 2 is 1.79 bits per heavy atom. The summed E-state index contributed by atoms with van der Waals surface area (Å²) in [5.41, 5.74) is 8.16. The zero-order chi connectivity index (χ0) is 13.5. The summed E-state index contributed by atoms with van der Waals surface area (Å²) in [5, 5.41) is 12.0. The highest BCUT2D eigenvalue weighted by Gasteiger charge is 2.03. The van der Waals surface area contributed by atoms with Gasteiger partial charge in [0.05, 0.1) is 0 Å².